The molecule has 72 valence electrons. The molecule has 0 spiro atoms. The van der Waals surface area contributed by atoms with Crippen LogP contribution in [-0.2, 0) is 9.53 Å². The van der Waals surface area contributed by atoms with E-state index in [9.17, 15) is 9.90 Å². The van der Waals surface area contributed by atoms with Gasteiger partial charge in [-0.3, -0.25) is 4.79 Å². The highest BCUT2D eigenvalue weighted by molar-refractivity contribution is 5.69. The third-order valence-electron chi connectivity index (χ3n) is 1.96. The van der Waals surface area contributed by atoms with Crippen LogP contribution in [0.1, 0.15) is 33.1 Å². The Morgan fingerprint density at radius 1 is 1.58 bits per heavy atom. The van der Waals surface area contributed by atoms with Gasteiger partial charge in [-0.05, 0) is 12.3 Å². The Morgan fingerprint density at radius 3 is 2.58 bits per heavy atom. The molecule has 0 aromatic rings. The van der Waals surface area contributed by atoms with Gasteiger partial charge in [0.25, 0.3) is 0 Å². The van der Waals surface area contributed by atoms with Gasteiger partial charge < -0.3 is 9.84 Å². The predicted molar refractivity (Wildman–Crippen MR) is 46.7 cm³/mol. The number of esters is 1. The first kappa shape index (κ1) is 11.4. The van der Waals surface area contributed by atoms with E-state index in [1.54, 1.807) is 0 Å². The van der Waals surface area contributed by atoms with E-state index in [-0.39, 0.29) is 18.0 Å². The van der Waals surface area contributed by atoms with Crippen molar-refractivity contribution >= 4 is 5.97 Å². The van der Waals surface area contributed by atoms with E-state index in [0.29, 0.717) is 6.42 Å². The molecular formula is C9H18O3. The lowest BCUT2D eigenvalue weighted by Crippen LogP contribution is -2.20. The fourth-order valence-electron chi connectivity index (χ4n) is 1.06. The van der Waals surface area contributed by atoms with Crippen molar-refractivity contribution in [2.75, 3.05) is 7.11 Å². The number of carbonyl (C=O) groups is 1. The SMILES string of the molecule is CCCC(O)C(C)CC(=O)OC. The number of hydrogen-bond acceptors (Lipinski definition) is 3. The van der Waals surface area contributed by atoms with Gasteiger partial charge in [0.2, 0.25) is 0 Å². The minimum atomic E-state index is -0.380. The van der Waals surface area contributed by atoms with Crippen LogP contribution in [0.5, 0.6) is 0 Å². The summed E-state index contributed by atoms with van der Waals surface area (Å²) in [5.41, 5.74) is 0. The first-order valence-corrected chi connectivity index (χ1v) is 4.36. The van der Waals surface area contributed by atoms with Crippen LogP contribution in [-0.4, -0.2) is 24.3 Å². The molecular weight excluding hydrogens is 156 g/mol. The quantitative estimate of drug-likeness (QED) is 0.640. The smallest absolute Gasteiger partial charge is 0.305 e. The fraction of sp³-hybridized carbons (Fsp3) is 0.889. The maximum Gasteiger partial charge on any atom is 0.305 e. The summed E-state index contributed by atoms with van der Waals surface area (Å²) in [6, 6.07) is 0. The van der Waals surface area contributed by atoms with Crippen molar-refractivity contribution in [3.63, 3.8) is 0 Å². The molecule has 0 aromatic heterocycles. The molecule has 0 heterocycles. The van der Waals surface area contributed by atoms with Gasteiger partial charge in [-0.15, -0.1) is 0 Å². The van der Waals surface area contributed by atoms with Gasteiger partial charge in [-0.1, -0.05) is 20.3 Å². The van der Waals surface area contributed by atoms with Crippen molar-refractivity contribution in [2.45, 2.75) is 39.2 Å². The molecule has 0 fully saturated rings. The Labute approximate surface area is 73.7 Å². The average molecular weight is 174 g/mol. The lowest BCUT2D eigenvalue weighted by molar-refractivity contribution is -0.142. The minimum absolute atomic E-state index is 0.00241. The second-order valence-electron chi connectivity index (χ2n) is 3.11. The summed E-state index contributed by atoms with van der Waals surface area (Å²) in [5.74, 6) is -0.255. The van der Waals surface area contributed by atoms with Gasteiger partial charge in [-0.25, -0.2) is 0 Å². The van der Waals surface area contributed by atoms with E-state index in [4.69, 9.17) is 0 Å². The number of hydrogen-bond donors (Lipinski definition) is 1. The second-order valence-corrected chi connectivity index (χ2v) is 3.11. The normalized spacial score (nSPS) is 15.3. The molecule has 12 heavy (non-hydrogen) atoms. The number of rotatable bonds is 5. The standard InChI is InChI=1S/C9H18O3/c1-4-5-8(10)7(2)6-9(11)12-3/h7-8,10H,4-6H2,1-3H3. The van der Waals surface area contributed by atoms with Crippen LogP contribution in [0, 0.1) is 5.92 Å². The molecule has 3 heteroatoms. The van der Waals surface area contributed by atoms with Crippen molar-refractivity contribution in [2.24, 2.45) is 5.92 Å². The number of aliphatic hydroxyl groups excluding tert-OH is 1. The summed E-state index contributed by atoms with van der Waals surface area (Å²) >= 11 is 0. The molecule has 0 aromatic carbocycles. The molecule has 3 nitrogen and oxygen atoms in total. The Morgan fingerprint density at radius 2 is 2.17 bits per heavy atom. The average Bonchev–Trinajstić information content (AvgIpc) is 2.04. The van der Waals surface area contributed by atoms with Crippen molar-refractivity contribution < 1.29 is 14.6 Å². The van der Waals surface area contributed by atoms with E-state index in [1.807, 2.05) is 13.8 Å². The van der Waals surface area contributed by atoms with Crippen molar-refractivity contribution in [3.05, 3.63) is 0 Å². The number of methoxy groups -OCH3 is 1. The maximum absolute atomic E-state index is 10.8. The van der Waals surface area contributed by atoms with E-state index >= 15 is 0 Å². The van der Waals surface area contributed by atoms with Gasteiger partial charge in [0, 0.05) is 0 Å². The molecule has 0 aliphatic rings. The summed E-state index contributed by atoms with van der Waals surface area (Å²) < 4.78 is 4.50. The third kappa shape index (κ3) is 4.34. The van der Waals surface area contributed by atoms with Crippen molar-refractivity contribution in [3.8, 4) is 0 Å². The van der Waals surface area contributed by atoms with Gasteiger partial charge >= 0.3 is 5.97 Å². The first-order chi connectivity index (χ1) is 5.61. The van der Waals surface area contributed by atoms with E-state index in [2.05, 4.69) is 4.74 Å². The molecule has 0 radical (unpaired) electrons. The zero-order valence-electron chi connectivity index (χ0n) is 8.04. The molecule has 0 saturated carbocycles. The highest BCUT2D eigenvalue weighted by Crippen LogP contribution is 2.13. The summed E-state index contributed by atoms with van der Waals surface area (Å²) in [7, 11) is 1.36. The monoisotopic (exact) mass is 174 g/mol. The highest BCUT2D eigenvalue weighted by atomic mass is 16.5. The molecule has 0 saturated heterocycles. The lowest BCUT2D eigenvalue weighted by Gasteiger charge is -2.16. The molecule has 0 aliphatic carbocycles. The van der Waals surface area contributed by atoms with Gasteiger partial charge in [-0.2, -0.15) is 0 Å². The summed E-state index contributed by atoms with van der Waals surface area (Å²) in [6.07, 6.45) is 1.61. The Hall–Kier alpha value is -0.570. The maximum atomic E-state index is 10.8. The Balaban J connectivity index is 3.69. The zero-order valence-corrected chi connectivity index (χ0v) is 8.04. The van der Waals surface area contributed by atoms with E-state index in [1.165, 1.54) is 7.11 Å². The van der Waals surface area contributed by atoms with Crippen LogP contribution in [0.15, 0.2) is 0 Å². The fourth-order valence-corrected chi connectivity index (χ4v) is 1.06. The molecule has 0 rings (SSSR count). The summed E-state index contributed by atoms with van der Waals surface area (Å²) in [4.78, 5) is 10.8. The lowest BCUT2D eigenvalue weighted by atomic mass is 9.97. The molecule has 1 N–H and O–H groups in total. The summed E-state index contributed by atoms with van der Waals surface area (Å²) in [5, 5.41) is 9.45. The molecule has 2 atom stereocenters. The van der Waals surface area contributed by atoms with E-state index in [0.717, 1.165) is 12.8 Å². The van der Waals surface area contributed by atoms with Gasteiger partial charge in [0.15, 0.2) is 0 Å². The summed E-state index contributed by atoms with van der Waals surface area (Å²) in [6.45, 7) is 3.87. The molecule has 2 unspecified atom stereocenters. The van der Waals surface area contributed by atoms with Crippen LogP contribution in [0.25, 0.3) is 0 Å². The van der Waals surface area contributed by atoms with Gasteiger partial charge in [0.1, 0.15) is 0 Å². The topological polar surface area (TPSA) is 46.5 Å². The second kappa shape index (κ2) is 6.00. The van der Waals surface area contributed by atoms with E-state index < -0.39 is 0 Å². The predicted octanol–water partition coefficient (Wildman–Crippen LogP) is 1.35. The first-order valence-electron chi connectivity index (χ1n) is 4.36. The van der Waals surface area contributed by atoms with Crippen molar-refractivity contribution in [1.29, 1.82) is 0 Å². The van der Waals surface area contributed by atoms with Crippen LogP contribution in [0.4, 0.5) is 0 Å². The van der Waals surface area contributed by atoms with Crippen LogP contribution >= 0.6 is 0 Å². The van der Waals surface area contributed by atoms with Crippen LogP contribution < -0.4 is 0 Å². The molecule has 0 bridgehead atoms. The van der Waals surface area contributed by atoms with Crippen LogP contribution in [0.2, 0.25) is 0 Å². The third-order valence-corrected chi connectivity index (χ3v) is 1.96. The zero-order chi connectivity index (χ0) is 9.56. The van der Waals surface area contributed by atoms with Crippen molar-refractivity contribution in [1.82, 2.24) is 0 Å². The number of carbonyl (C=O) groups excluding carboxylic acids is 1. The van der Waals surface area contributed by atoms with Gasteiger partial charge in [0.05, 0.1) is 19.6 Å². The Kier molecular flexibility index (Phi) is 5.72. The Bertz CT molecular complexity index is 134. The number of aliphatic hydroxyl groups is 1. The molecule has 0 aliphatic heterocycles. The molecule has 0 amide bonds. The highest BCUT2D eigenvalue weighted by Gasteiger charge is 2.16. The largest absolute Gasteiger partial charge is 0.469 e. The minimum Gasteiger partial charge on any atom is -0.469 e. The number of ether oxygens (including phenoxy) is 1. The van der Waals surface area contributed by atoms with Crippen LogP contribution in [0.3, 0.4) is 0 Å².